The number of nitrogens with one attached hydrogen (secondary N) is 1. The highest BCUT2D eigenvalue weighted by Gasteiger charge is 2.76. The Morgan fingerprint density at radius 3 is 2.45 bits per heavy atom. The van der Waals surface area contributed by atoms with E-state index < -0.39 is 47.7 Å². The van der Waals surface area contributed by atoms with Gasteiger partial charge in [-0.1, -0.05) is 93.1 Å². The van der Waals surface area contributed by atoms with E-state index in [1.807, 2.05) is 74.5 Å². The lowest BCUT2D eigenvalue weighted by Crippen LogP contribution is -2.59. The molecule has 3 amide bonds. The number of rotatable bonds is 17. The molecule has 10 heteroatoms. The third-order valence-corrected chi connectivity index (χ3v) is 10.5. The molecule has 0 radical (unpaired) electrons. The molecule has 2 aromatic rings. The Bertz CT molecular complexity index is 1500. The minimum absolute atomic E-state index is 0.0531. The van der Waals surface area contributed by atoms with Crippen LogP contribution in [0.1, 0.15) is 63.2 Å². The average Bonchev–Trinajstić information content (AvgIpc) is 3.77. The molecule has 8 atom stereocenters. The van der Waals surface area contributed by atoms with E-state index in [0.29, 0.717) is 37.8 Å². The van der Waals surface area contributed by atoms with Crippen LogP contribution in [-0.4, -0.2) is 82.1 Å². The van der Waals surface area contributed by atoms with Gasteiger partial charge in [-0.05, 0) is 36.3 Å². The predicted molar refractivity (Wildman–Crippen MR) is 185 cm³/mol. The maximum absolute atomic E-state index is 14.8. The number of carbonyl (C=O) groups is 4. The van der Waals surface area contributed by atoms with Crippen molar-refractivity contribution in [3.63, 3.8) is 0 Å². The van der Waals surface area contributed by atoms with Crippen LogP contribution in [0.25, 0.3) is 0 Å². The molecule has 0 saturated carbocycles. The van der Waals surface area contributed by atoms with E-state index >= 15 is 0 Å². The lowest BCUT2D eigenvalue weighted by Gasteiger charge is -2.41. The highest BCUT2D eigenvalue weighted by molar-refractivity contribution is 5.98. The van der Waals surface area contributed by atoms with Crippen LogP contribution in [0.15, 0.2) is 86.0 Å². The minimum Gasteiger partial charge on any atom is -0.455 e. The number of carbonyl (C=O) groups excluding carboxylic acids is 4. The molecule has 3 aliphatic rings. The van der Waals surface area contributed by atoms with Crippen molar-refractivity contribution < 1.29 is 33.8 Å². The summed E-state index contributed by atoms with van der Waals surface area (Å²) in [6.45, 7) is 11.7. The summed E-state index contributed by atoms with van der Waals surface area (Å²) in [4.78, 5) is 59.4. The molecule has 10 nitrogen and oxygen atoms in total. The number of hydrogen-bond acceptors (Lipinski definition) is 7. The Kier molecular flexibility index (Phi) is 11.7. The highest BCUT2D eigenvalue weighted by atomic mass is 16.6. The quantitative estimate of drug-likeness (QED) is 0.189. The van der Waals surface area contributed by atoms with Gasteiger partial charge in [-0.15, -0.1) is 13.2 Å². The van der Waals surface area contributed by atoms with Gasteiger partial charge >= 0.3 is 5.97 Å². The van der Waals surface area contributed by atoms with Crippen LogP contribution in [0.5, 0.6) is 0 Å². The van der Waals surface area contributed by atoms with Gasteiger partial charge in [0.05, 0.1) is 37.1 Å². The van der Waals surface area contributed by atoms with Crippen LogP contribution in [0.2, 0.25) is 0 Å². The fraction of sp³-hybridized carbons (Fsp3) is 0.487. The summed E-state index contributed by atoms with van der Waals surface area (Å²) in [6.07, 6.45) is 4.24. The molecule has 0 aromatic heterocycles. The molecule has 5 rings (SSSR count). The van der Waals surface area contributed by atoms with E-state index in [1.54, 1.807) is 17.1 Å². The first-order valence-corrected chi connectivity index (χ1v) is 17.4. The first-order chi connectivity index (χ1) is 23.7. The molecule has 262 valence electrons. The normalized spacial score (nSPS) is 25.6. The largest absolute Gasteiger partial charge is 0.455 e. The van der Waals surface area contributed by atoms with Crippen molar-refractivity contribution >= 4 is 23.7 Å². The number of benzene rings is 2. The molecular formula is C39H49N3O7. The lowest BCUT2D eigenvalue weighted by atomic mass is 9.70. The highest BCUT2D eigenvalue weighted by Crippen LogP contribution is 2.59. The number of amides is 3. The van der Waals surface area contributed by atoms with E-state index in [9.17, 15) is 24.3 Å². The van der Waals surface area contributed by atoms with Crippen molar-refractivity contribution in [3.8, 4) is 0 Å². The van der Waals surface area contributed by atoms with Crippen molar-refractivity contribution in [2.24, 2.45) is 17.8 Å². The number of aliphatic hydroxyl groups is 1. The summed E-state index contributed by atoms with van der Waals surface area (Å²) >= 11 is 0. The minimum atomic E-state index is -1.26. The fourth-order valence-corrected chi connectivity index (χ4v) is 7.82. The van der Waals surface area contributed by atoms with Crippen LogP contribution in [0.3, 0.4) is 0 Å². The summed E-state index contributed by atoms with van der Waals surface area (Å²) in [6, 6.07) is 17.0. The monoisotopic (exact) mass is 671 g/mol. The van der Waals surface area contributed by atoms with Gasteiger partial charge in [0.1, 0.15) is 17.7 Å². The van der Waals surface area contributed by atoms with Crippen molar-refractivity contribution in [2.45, 2.75) is 82.4 Å². The summed E-state index contributed by atoms with van der Waals surface area (Å²) in [7, 11) is 0. The van der Waals surface area contributed by atoms with Gasteiger partial charge in [0, 0.05) is 19.5 Å². The van der Waals surface area contributed by atoms with Gasteiger partial charge in [0.15, 0.2) is 0 Å². The van der Waals surface area contributed by atoms with E-state index in [4.69, 9.17) is 9.47 Å². The molecule has 3 fully saturated rings. The fourth-order valence-electron chi connectivity index (χ4n) is 7.82. The molecule has 3 saturated heterocycles. The summed E-state index contributed by atoms with van der Waals surface area (Å²) in [5.74, 6) is -3.54. The molecular weight excluding hydrogens is 622 g/mol. The third kappa shape index (κ3) is 7.21. The first kappa shape index (κ1) is 36.0. The van der Waals surface area contributed by atoms with Gasteiger partial charge in [0.2, 0.25) is 17.7 Å². The SMILES string of the molecule is C=CCCC(=O)NC[C@H](OC(=O)[C@@H]1[C@@H]2CC[C@]3(O2)[C@H](C(=O)N(CC=C)Cc2ccccc2)N([C@@H](CO)[C@@H](C)CC)C(=O)[C@@H]13)c1ccccc1. The lowest BCUT2D eigenvalue weighted by molar-refractivity contribution is -0.161. The van der Waals surface area contributed by atoms with Crippen molar-refractivity contribution in [1.82, 2.24) is 15.1 Å². The molecule has 2 N–H and O–H groups in total. The standard InChI is InChI=1S/C39H49N3O7/c1-5-8-19-32(44)40-23-31(28-17-13-10-14-18-28)48-38(47)33-30-20-21-39(49-30)34(33)36(45)42(29(25-43)26(4)7-3)35(39)37(46)41(22-6-2)24-27-15-11-9-12-16-27/h5-6,9-18,26,29-31,33-35,43H,1-2,7-8,19-25H2,3-4H3,(H,40,44)/t26-,29-,30-,31-,33+,34+,35-,39+/m0/s1. The number of fused-ring (bicyclic) bond motifs is 1. The van der Waals surface area contributed by atoms with Gasteiger partial charge in [-0.2, -0.15) is 0 Å². The number of likely N-dealkylation sites (tertiary alicyclic amines) is 1. The van der Waals surface area contributed by atoms with Crippen LogP contribution in [0.4, 0.5) is 0 Å². The topological polar surface area (TPSA) is 125 Å². The Hall–Kier alpha value is -4.28. The van der Waals surface area contributed by atoms with Gasteiger partial charge < -0.3 is 29.7 Å². The summed E-state index contributed by atoms with van der Waals surface area (Å²) < 4.78 is 12.8. The third-order valence-electron chi connectivity index (χ3n) is 10.5. The van der Waals surface area contributed by atoms with Gasteiger partial charge in [0.25, 0.3) is 0 Å². The number of ether oxygens (including phenoxy) is 2. The van der Waals surface area contributed by atoms with E-state index in [-0.39, 0.29) is 49.8 Å². The van der Waals surface area contributed by atoms with Crippen LogP contribution >= 0.6 is 0 Å². The molecule has 2 aromatic carbocycles. The number of aliphatic hydroxyl groups excluding tert-OH is 1. The maximum Gasteiger partial charge on any atom is 0.313 e. The van der Waals surface area contributed by atoms with Crippen molar-refractivity contribution in [1.29, 1.82) is 0 Å². The molecule has 2 bridgehead atoms. The van der Waals surface area contributed by atoms with Crippen LogP contribution in [-0.2, 0) is 35.2 Å². The second kappa shape index (κ2) is 16.0. The van der Waals surface area contributed by atoms with Gasteiger partial charge in [-0.3, -0.25) is 19.2 Å². The first-order valence-electron chi connectivity index (χ1n) is 17.4. The maximum atomic E-state index is 14.8. The molecule has 0 unspecified atom stereocenters. The van der Waals surface area contributed by atoms with Crippen LogP contribution in [0, 0.1) is 17.8 Å². The number of esters is 1. The molecule has 3 heterocycles. The molecule has 1 spiro atoms. The Morgan fingerprint density at radius 1 is 1.12 bits per heavy atom. The van der Waals surface area contributed by atoms with E-state index in [1.165, 1.54) is 4.90 Å². The summed E-state index contributed by atoms with van der Waals surface area (Å²) in [5, 5.41) is 13.5. The van der Waals surface area contributed by atoms with Crippen molar-refractivity contribution in [2.75, 3.05) is 19.7 Å². The second-order valence-electron chi connectivity index (χ2n) is 13.4. The molecule has 3 aliphatic heterocycles. The smallest absolute Gasteiger partial charge is 0.313 e. The predicted octanol–water partition coefficient (Wildman–Crippen LogP) is 4.35. The zero-order valence-electron chi connectivity index (χ0n) is 28.5. The average molecular weight is 672 g/mol. The van der Waals surface area contributed by atoms with Crippen LogP contribution < -0.4 is 5.32 Å². The van der Waals surface area contributed by atoms with Crippen molar-refractivity contribution in [3.05, 3.63) is 97.1 Å². The zero-order valence-corrected chi connectivity index (χ0v) is 28.5. The number of nitrogens with zero attached hydrogens (tertiary/aromatic N) is 2. The zero-order chi connectivity index (χ0) is 35.1. The Labute approximate surface area is 289 Å². The molecule has 0 aliphatic carbocycles. The molecule has 49 heavy (non-hydrogen) atoms. The summed E-state index contributed by atoms with van der Waals surface area (Å²) in [5.41, 5.74) is 0.356. The second-order valence-corrected chi connectivity index (χ2v) is 13.4. The number of allylic oxidation sites excluding steroid dienone is 1. The van der Waals surface area contributed by atoms with E-state index in [2.05, 4.69) is 18.5 Å². The Balaban J connectivity index is 1.48. The van der Waals surface area contributed by atoms with E-state index in [0.717, 1.165) is 5.56 Å². The number of hydrogen-bond donors (Lipinski definition) is 2. The Morgan fingerprint density at radius 2 is 1.82 bits per heavy atom. The van der Waals surface area contributed by atoms with Gasteiger partial charge in [-0.25, -0.2) is 0 Å².